The van der Waals surface area contributed by atoms with Crippen molar-refractivity contribution < 1.29 is 9.59 Å². The van der Waals surface area contributed by atoms with Crippen molar-refractivity contribution in [3.8, 4) is 0 Å². The summed E-state index contributed by atoms with van der Waals surface area (Å²) in [5.41, 5.74) is 5.52. The van der Waals surface area contributed by atoms with Gasteiger partial charge < -0.3 is 0 Å². The van der Waals surface area contributed by atoms with E-state index in [2.05, 4.69) is 10.4 Å². The van der Waals surface area contributed by atoms with Gasteiger partial charge >= 0.3 is 0 Å². The van der Waals surface area contributed by atoms with Crippen molar-refractivity contribution >= 4 is 47.1 Å². The molecule has 1 aliphatic rings. The smallest absolute Gasteiger partial charge is 0.273 e. The van der Waals surface area contributed by atoms with Crippen molar-refractivity contribution in [3.05, 3.63) is 106 Å². The largest absolute Gasteiger partial charge is 0.297 e. The lowest BCUT2D eigenvalue weighted by molar-refractivity contribution is -0.134. The van der Waals surface area contributed by atoms with Gasteiger partial charge in [-0.25, -0.2) is 4.99 Å². The summed E-state index contributed by atoms with van der Waals surface area (Å²) < 4.78 is 0. The lowest BCUT2D eigenvalue weighted by atomic mass is 9.88. The van der Waals surface area contributed by atoms with Gasteiger partial charge in [0.2, 0.25) is 5.91 Å². The summed E-state index contributed by atoms with van der Waals surface area (Å²) in [6.07, 6.45) is 3.75. The van der Waals surface area contributed by atoms with Gasteiger partial charge in [0.05, 0.1) is 5.92 Å². The maximum Gasteiger partial charge on any atom is 0.297 e. The van der Waals surface area contributed by atoms with E-state index in [-0.39, 0.29) is 23.4 Å². The van der Waals surface area contributed by atoms with Crippen LogP contribution in [0.2, 0.25) is 5.02 Å². The average molecular weight is 504 g/mol. The van der Waals surface area contributed by atoms with Gasteiger partial charge in [-0.3, -0.25) is 15.0 Å². The third-order valence-electron chi connectivity index (χ3n) is 5.71. The summed E-state index contributed by atoms with van der Waals surface area (Å²) in [4.78, 5) is 32.7. The molecule has 0 spiro atoms. The average Bonchev–Trinajstić information content (AvgIpc) is 3.16. The van der Waals surface area contributed by atoms with E-state index in [9.17, 15) is 9.59 Å². The molecule has 2 amide bonds. The lowest BCUT2D eigenvalue weighted by Crippen LogP contribution is -2.49. The number of amidine groups is 1. The van der Waals surface area contributed by atoms with Crippen molar-refractivity contribution in [1.29, 1.82) is 0 Å². The van der Waals surface area contributed by atoms with Crippen molar-refractivity contribution in [2.24, 2.45) is 10.9 Å². The molecule has 1 aliphatic heterocycles. The third kappa shape index (κ3) is 5.66. The van der Waals surface area contributed by atoms with Gasteiger partial charge in [-0.2, -0.15) is 5.01 Å². The summed E-state index contributed by atoms with van der Waals surface area (Å²) in [6.45, 7) is 3.95. The molecular weight excluding hydrogens is 478 g/mol. The van der Waals surface area contributed by atoms with Crippen LogP contribution in [0.15, 0.2) is 94.4 Å². The van der Waals surface area contributed by atoms with Gasteiger partial charge in [-0.05, 0) is 53.6 Å². The van der Waals surface area contributed by atoms with E-state index in [0.717, 1.165) is 21.6 Å². The van der Waals surface area contributed by atoms with E-state index in [4.69, 9.17) is 11.6 Å². The van der Waals surface area contributed by atoms with Crippen LogP contribution in [0.25, 0.3) is 6.08 Å². The predicted octanol–water partition coefficient (Wildman–Crippen LogP) is 6.16. The van der Waals surface area contributed by atoms with Crippen LogP contribution in [-0.4, -0.2) is 28.9 Å². The zero-order valence-electron chi connectivity index (χ0n) is 19.7. The Hall–Kier alpha value is -3.35. The van der Waals surface area contributed by atoms with Crippen molar-refractivity contribution in [2.75, 3.05) is 6.26 Å². The molecular formula is C28H26ClN3O2S. The molecule has 0 radical (unpaired) electrons. The van der Waals surface area contributed by atoms with E-state index < -0.39 is 5.92 Å². The van der Waals surface area contributed by atoms with E-state index in [0.29, 0.717) is 10.9 Å². The van der Waals surface area contributed by atoms with Crippen LogP contribution in [0.5, 0.6) is 0 Å². The number of hydrazine groups is 1. The molecule has 0 aliphatic carbocycles. The summed E-state index contributed by atoms with van der Waals surface area (Å²) in [5, 5.41) is 1.86. The first-order chi connectivity index (χ1) is 16.9. The number of rotatable bonds is 7. The number of nitrogens with one attached hydrogen (secondary N) is 1. The summed E-state index contributed by atoms with van der Waals surface area (Å²) in [5.74, 6) is -0.760. The first-order valence-electron chi connectivity index (χ1n) is 11.3. The molecule has 178 valence electrons. The van der Waals surface area contributed by atoms with Gasteiger partial charge in [0.1, 0.15) is 5.70 Å². The Morgan fingerprint density at radius 1 is 1.00 bits per heavy atom. The number of amides is 2. The Morgan fingerprint density at radius 2 is 1.66 bits per heavy atom. The number of carbonyl (C=O) groups is 2. The van der Waals surface area contributed by atoms with Crippen LogP contribution in [0.4, 0.5) is 0 Å². The highest BCUT2D eigenvalue weighted by Crippen LogP contribution is 2.28. The first kappa shape index (κ1) is 24.8. The molecule has 1 N–H and O–H groups in total. The molecule has 0 saturated heterocycles. The number of nitrogens with zero attached hydrogens (tertiary/aromatic N) is 2. The Kier molecular flexibility index (Phi) is 7.73. The lowest BCUT2D eigenvalue weighted by Gasteiger charge is -2.25. The second-order valence-corrected chi connectivity index (χ2v) is 9.81. The topological polar surface area (TPSA) is 61.8 Å². The molecule has 4 rings (SSSR count). The highest BCUT2D eigenvalue weighted by atomic mass is 35.5. The Balaban J connectivity index is 1.67. The zero-order chi connectivity index (χ0) is 24.9. The zero-order valence-corrected chi connectivity index (χ0v) is 21.3. The molecule has 0 fully saturated rings. The first-order valence-corrected chi connectivity index (χ1v) is 12.9. The highest BCUT2D eigenvalue weighted by Gasteiger charge is 2.35. The number of hydrogen-bond acceptors (Lipinski definition) is 4. The maximum absolute atomic E-state index is 13.5. The minimum atomic E-state index is -0.468. The second-order valence-electron chi connectivity index (χ2n) is 8.49. The Bertz CT molecular complexity index is 1270. The van der Waals surface area contributed by atoms with Gasteiger partial charge in [0.15, 0.2) is 5.84 Å². The van der Waals surface area contributed by atoms with Gasteiger partial charge in [-0.15, -0.1) is 11.8 Å². The Labute approximate surface area is 214 Å². The van der Waals surface area contributed by atoms with Crippen LogP contribution >= 0.6 is 23.4 Å². The normalized spacial score (nSPS) is 15.5. The molecule has 0 saturated carbocycles. The second kappa shape index (κ2) is 10.9. The molecule has 3 aromatic rings. The van der Waals surface area contributed by atoms with Gasteiger partial charge in [0, 0.05) is 15.5 Å². The highest BCUT2D eigenvalue weighted by molar-refractivity contribution is 7.98. The molecule has 5 nitrogen and oxygen atoms in total. The van der Waals surface area contributed by atoms with E-state index in [1.165, 1.54) is 5.01 Å². The summed E-state index contributed by atoms with van der Waals surface area (Å²) in [6, 6.07) is 24.5. The molecule has 1 heterocycles. The maximum atomic E-state index is 13.5. The fourth-order valence-electron chi connectivity index (χ4n) is 3.95. The molecule has 1 atom stereocenters. The van der Waals surface area contributed by atoms with Crippen molar-refractivity contribution in [3.63, 3.8) is 0 Å². The molecule has 3 aromatic carbocycles. The van der Waals surface area contributed by atoms with E-state index >= 15 is 0 Å². The Morgan fingerprint density at radius 3 is 2.26 bits per heavy atom. The van der Waals surface area contributed by atoms with Crippen LogP contribution in [0, 0.1) is 5.92 Å². The molecule has 35 heavy (non-hydrogen) atoms. The van der Waals surface area contributed by atoms with Gasteiger partial charge in [-0.1, -0.05) is 80.0 Å². The summed E-state index contributed by atoms with van der Waals surface area (Å²) >= 11 is 7.69. The monoisotopic (exact) mass is 503 g/mol. The van der Waals surface area contributed by atoms with Crippen molar-refractivity contribution in [1.82, 2.24) is 10.4 Å². The summed E-state index contributed by atoms with van der Waals surface area (Å²) in [7, 11) is 0. The molecule has 1 unspecified atom stereocenters. The number of benzene rings is 3. The number of aliphatic imine (C=N–C) groups is 1. The van der Waals surface area contributed by atoms with E-state index in [1.807, 2.05) is 86.8 Å². The third-order valence-corrected chi connectivity index (χ3v) is 6.71. The fourth-order valence-corrected chi connectivity index (χ4v) is 4.48. The minimum Gasteiger partial charge on any atom is -0.273 e. The van der Waals surface area contributed by atoms with Gasteiger partial charge in [0.25, 0.3) is 5.91 Å². The molecule has 0 aromatic heterocycles. The quantitative estimate of drug-likeness (QED) is 0.310. The molecule has 7 heteroatoms. The number of hydrogen-bond donors (Lipinski definition) is 1. The van der Waals surface area contributed by atoms with Crippen LogP contribution in [0.1, 0.15) is 36.5 Å². The minimum absolute atomic E-state index is 0.00374. The standard InChI is InChI=1S/C28H26ClN3O2S/c1-18(2)25(20-11-13-22(29)14-12-20)27(33)31-32-26(21-7-5-4-6-8-21)30-24(28(32)34)17-19-9-15-23(35-3)16-10-19/h4-18,25H,1-3H3,(H,31,33). The fraction of sp³-hybridized carbons (Fsp3) is 0.179. The van der Waals surface area contributed by atoms with Crippen LogP contribution in [0.3, 0.4) is 0 Å². The van der Waals surface area contributed by atoms with Crippen molar-refractivity contribution in [2.45, 2.75) is 24.7 Å². The number of thioether (sulfide) groups is 1. The number of carbonyl (C=O) groups excluding carboxylic acids is 2. The number of halogens is 1. The molecule has 0 bridgehead atoms. The van der Waals surface area contributed by atoms with Crippen LogP contribution in [-0.2, 0) is 9.59 Å². The SMILES string of the molecule is CSc1ccc(C=C2N=C(c3ccccc3)N(NC(=O)C(c3ccc(Cl)cc3)C(C)C)C2=O)cc1. The predicted molar refractivity (Wildman–Crippen MR) is 143 cm³/mol. The van der Waals surface area contributed by atoms with Crippen LogP contribution < -0.4 is 5.43 Å². The van der Waals surface area contributed by atoms with E-state index in [1.54, 1.807) is 30.0 Å².